The van der Waals surface area contributed by atoms with Gasteiger partial charge in [-0.3, -0.25) is 9.59 Å². The number of benzene rings is 2. The average Bonchev–Trinajstić information content (AvgIpc) is 2.74. The number of hydrogen-bond donors (Lipinski definition) is 1. The molecule has 0 fully saturated rings. The van der Waals surface area contributed by atoms with Crippen LogP contribution in [-0.4, -0.2) is 42.7 Å². The summed E-state index contributed by atoms with van der Waals surface area (Å²) in [6, 6.07) is 11.4. The van der Waals surface area contributed by atoms with Crippen LogP contribution >= 0.6 is 0 Å². The van der Waals surface area contributed by atoms with Crippen LogP contribution in [0.25, 0.3) is 10.8 Å². The average molecular weight is 396 g/mol. The van der Waals surface area contributed by atoms with Crippen molar-refractivity contribution in [2.75, 3.05) is 14.2 Å². The smallest absolute Gasteiger partial charge is 0.312 e. The van der Waals surface area contributed by atoms with Crippen molar-refractivity contribution in [3.8, 4) is 11.5 Å². The third kappa shape index (κ3) is 3.23. The van der Waals surface area contributed by atoms with Gasteiger partial charge in [0.15, 0.2) is 0 Å². The molecule has 4 rings (SSSR count). The van der Waals surface area contributed by atoms with Crippen molar-refractivity contribution in [1.29, 1.82) is 0 Å². The van der Waals surface area contributed by atoms with Crippen molar-refractivity contribution in [3.05, 3.63) is 60.7 Å². The summed E-state index contributed by atoms with van der Waals surface area (Å²) < 4.78 is 21.6. The van der Waals surface area contributed by atoms with Crippen molar-refractivity contribution in [1.82, 2.24) is 0 Å². The molecule has 0 bridgehead atoms. The van der Waals surface area contributed by atoms with Gasteiger partial charge in [-0.15, -0.1) is 0 Å². The van der Waals surface area contributed by atoms with E-state index >= 15 is 0 Å². The van der Waals surface area contributed by atoms with Gasteiger partial charge in [0.05, 0.1) is 26.0 Å². The normalized spacial score (nSPS) is 18.6. The van der Waals surface area contributed by atoms with Gasteiger partial charge in [0, 0.05) is 12.2 Å². The fraction of sp³-hybridized carbons (Fsp3) is 0.273. The SMILES string of the molecule is COC(=O)CC(C(=O)OC)C1(O)C=CC2(C=C1)Oc1cccc3cccc(c13)O2. The molecule has 2 aliphatic rings. The van der Waals surface area contributed by atoms with Crippen LogP contribution in [0.2, 0.25) is 0 Å². The number of hydrogen-bond acceptors (Lipinski definition) is 7. The molecule has 0 aromatic heterocycles. The molecule has 7 heteroatoms. The molecular formula is C22H20O7. The number of methoxy groups -OCH3 is 2. The molecule has 1 unspecified atom stereocenters. The lowest BCUT2D eigenvalue weighted by molar-refractivity contribution is -0.158. The van der Waals surface area contributed by atoms with Crippen molar-refractivity contribution < 1.29 is 33.6 Å². The van der Waals surface area contributed by atoms with Crippen LogP contribution < -0.4 is 9.47 Å². The lowest BCUT2D eigenvalue weighted by Crippen LogP contribution is -2.48. The molecule has 2 aromatic rings. The monoisotopic (exact) mass is 396 g/mol. The Balaban J connectivity index is 1.66. The molecule has 1 N–H and O–H groups in total. The predicted octanol–water partition coefficient (Wildman–Crippen LogP) is 2.52. The van der Waals surface area contributed by atoms with Gasteiger partial charge in [-0.05, 0) is 29.7 Å². The van der Waals surface area contributed by atoms with E-state index in [0.29, 0.717) is 11.5 Å². The van der Waals surface area contributed by atoms with Gasteiger partial charge in [-0.2, -0.15) is 0 Å². The zero-order valence-electron chi connectivity index (χ0n) is 16.0. The number of ether oxygens (including phenoxy) is 4. The Morgan fingerprint density at radius 3 is 2.07 bits per heavy atom. The fourth-order valence-corrected chi connectivity index (χ4v) is 3.61. The Morgan fingerprint density at radius 1 is 0.966 bits per heavy atom. The Labute approximate surface area is 167 Å². The van der Waals surface area contributed by atoms with Crippen molar-refractivity contribution in [2.45, 2.75) is 17.8 Å². The lowest BCUT2D eigenvalue weighted by atomic mass is 9.81. The van der Waals surface area contributed by atoms with Crippen LogP contribution in [0, 0.1) is 5.92 Å². The largest absolute Gasteiger partial charge is 0.469 e. The number of rotatable bonds is 4. The number of esters is 2. The molecule has 0 radical (unpaired) electrons. The molecule has 2 aromatic carbocycles. The van der Waals surface area contributed by atoms with Crippen LogP contribution in [0.1, 0.15) is 6.42 Å². The Morgan fingerprint density at radius 2 is 1.55 bits per heavy atom. The van der Waals surface area contributed by atoms with Crippen LogP contribution in [0.5, 0.6) is 11.5 Å². The minimum absolute atomic E-state index is 0.342. The highest BCUT2D eigenvalue weighted by Gasteiger charge is 2.46. The van der Waals surface area contributed by atoms with E-state index in [1.165, 1.54) is 38.5 Å². The molecule has 1 aliphatic heterocycles. The third-order valence-electron chi connectivity index (χ3n) is 5.17. The van der Waals surface area contributed by atoms with E-state index < -0.39 is 29.2 Å². The molecule has 1 aliphatic carbocycles. The minimum Gasteiger partial charge on any atom is -0.469 e. The maximum Gasteiger partial charge on any atom is 0.312 e. The Hall–Kier alpha value is -3.32. The first-order valence-corrected chi connectivity index (χ1v) is 9.07. The molecule has 1 atom stereocenters. The van der Waals surface area contributed by atoms with Crippen LogP contribution in [0.4, 0.5) is 0 Å². The lowest BCUT2D eigenvalue weighted by Gasteiger charge is -2.39. The molecule has 1 spiro atoms. The maximum atomic E-state index is 12.2. The van der Waals surface area contributed by atoms with Gasteiger partial charge in [0.25, 0.3) is 5.79 Å². The molecule has 150 valence electrons. The van der Waals surface area contributed by atoms with Crippen LogP contribution in [-0.2, 0) is 19.1 Å². The Bertz CT molecular complexity index is 980. The zero-order chi connectivity index (χ0) is 20.6. The summed E-state index contributed by atoms with van der Waals surface area (Å²) in [6.45, 7) is 0. The molecule has 7 nitrogen and oxygen atoms in total. The van der Waals surface area contributed by atoms with Crippen molar-refractivity contribution in [3.63, 3.8) is 0 Å². The molecular weight excluding hydrogens is 376 g/mol. The first-order chi connectivity index (χ1) is 13.9. The summed E-state index contributed by atoms with van der Waals surface area (Å²) >= 11 is 0. The predicted molar refractivity (Wildman–Crippen MR) is 103 cm³/mol. The highest BCUT2D eigenvalue weighted by atomic mass is 16.7. The summed E-state index contributed by atoms with van der Waals surface area (Å²) in [6.07, 6.45) is 5.46. The van der Waals surface area contributed by atoms with E-state index in [1.54, 1.807) is 0 Å². The highest BCUT2D eigenvalue weighted by Crippen LogP contribution is 2.44. The summed E-state index contributed by atoms with van der Waals surface area (Å²) in [7, 11) is 2.41. The van der Waals surface area contributed by atoms with Gasteiger partial charge in [-0.25, -0.2) is 0 Å². The van der Waals surface area contributed by atoms with Gasteiger partial charge in [0.1, 0.15) is 23.0 Å². The quantitative estimate of drug-likeness (QED) is 0.627. The van der Waals surface area contributed by atoms with Crippen LogP contribution in [0.15, 0.2) is 60.7 Å². The standard InChI is InChI=1S/C22H20O7/c1-26-18(23)13-15(20(24)27-2)21(25)9-11-22(12-10-21)28-16-7-3-5-14-6-4-8-17(29-22)19(14)16/h3-12,15,25H,13H2,1-2H3. The van der Waals surface area contributed by atoms with Gasteiger partial charge < -0.3 is 24.1 Å². The molecule has 1 heterocycles. The van der Waals surface area contributed by atoms with E-state index in [4.69, 9.17) is 14.2 Å². The number of carbonyl (C=O) groups is 2. The highest BCUT2D eigenvalue weighted by molar-refractivity contribution is 5.94. The van der Waals surface area contributed by atoms with E-state index in [-0.39, 0.29) is 6.42 Å². The van der Waals surface area contributed by atoms with Gasteiger partial charge >= 0.3 is 11.9 Å². The summed E-state index contributed by atoms with van der Waals surface area (Å²) in [5.74, 6) is -2.54. The summed E-state index contributed by atoms with van der Waals surface area (Å²) in [4.78, 5) is 23.9. The van der Waals surface area contributed by atoms with E-state index in [0.717, 1.165) is 10.8 Å². The van der Waals surface area contributed by atoms with Crippen LogP contribution in [0.3, 0.4) is 0 Å². The van der Waals surface area contributed by atoms with E-state index in [9.17, 15) is 14.7 Å². The molecule has 0 amide bonds. The summed E-state index contributed by atoms with van der Waals surface area (Å²) in [5.41, 5.74) is -1.76. The molecule has 0 saturated heterocycles. The van der Waals surface area contributed by atoms with E-state index in [1.807, 2.05) is 36.4 Å². The number of aliphatic hydroxyl groups is 1. The van der Waals surface area contributed by atoms with Crippen molar-refractivity contribution >= 4 is 22.7 Å². The molecule has 29 heavy (non-hydrogen) atoms. The van der Waals surface area contributed by atoms with E-state index in [2.05, 4.69) is 4.74 Å². The second kappa shape index (κ2) is 6.93. The first-order valence-electron chi connectivity index (χ1n) is 9.07. The zero-order valence-corrected chi connectivity index (χ0v) is 16.0. The van der Waals surface area contributed by atoms with Crippen molar-refractivity contribution in [2.24, 2.45) is 5.92 Å². The van der Waals surface area contributed by atoms with Gasteiger partial charge in [0.2, 0.25) is 0 Å². The molecule has 0 saturated carbocycles. The third-order valence-corrected chi connectivity index (χ3v) is 5.17. The second-order valence-corrected chi connectivity index (χ2v) is 6.95. The fourth-order valence-electron chi connectivity index (χ4n) is 3.61. The Kier molecular flexibility index (Phi) is 4.55. The summed E-state index contributed by atoms with van der Waals surface area (Å²) in [5, 5.41) is 12.9. The maximum absolute atomic E-state index is 12.2. The minimum atomic E-state index is -1.76. The topological polar surface area (TPSA) is 91.3 Å². The first kappa shape index (κ1) is 19.0. The second-order valence-electron chi connectivity index (χ2n) is 6.95. The number of carbonyl (C=O) groups excluding carboxylic acids is 2. The van der Waals surface area contributed by atoms with Gasteiger partial charge in [-0.1, -0.05) is 24.3 Å².